The van der Waals surface area contributed by atoms with E-state index in [9.17, 15) is 4.79 Å². The van der Waals surface area contributed by atoms with E-state index in [2.05, 4.69) is 0 Å². The molecule has 0 N–H and O–H groups in total. The van der Waals surface area contributed by atoms with Crippen LogP contribution in [0.5, 0.6) is 0 Å². The van der Waals surface area contributed by atoms with Gasteiger partial charge in [0.1, 0.15) is 6.07 Å². The average molecular weight is 263 g/mol. The third-order valence-corrected chi connectivity index (χ3v) is 3.03. The number of nitriles is 1. The highest BCUT2D eigenvalue weighted by Crippen LogP contribution is 2.21. The highest BCUT2D eigenvalue weighted by Gasteiger charge is 2.03. The Balaban J connectivity index is 3.19. The van der Waals surface area contributed by atoms with Crippen molar-refractivity contribution in [2.45, 2.75) is 0 Å². The van der Waals surface area contributed by atoms with Crippen LogP contribution < -0.4 is 0 Å². The Bertz CT molecular complexity index is 299. The Morgan fingerprint density at radius 2 is 2.50 bits per heavy atom. The molecule has 0 aliphatic rings. The van der Waals surface area contributed by atoms with Crippen molar-refractivity contribution in [2.24, 2.45) is 0 Å². The van der Waals surface area contributed by atoms with Gasteiger partial charge in [0.15, 0.2) is 6.29 Å². The minimum atomic E-state index is 0.590. The van der Waals surface area contributed by atoms with E-state index in [0.717, 1.165) is 9.17 Å². The van der Waals surface area contributed by atoms with E-state index in [1.54, 1.807) is 6.07 Å². The molecular weight excluding hydrogens is 261 g/mol. The predicted molar refractivity (Wildman–Crippen MR) is 47.1 cm³/mol. The van der Waals surface area contributed by atoms with E-state index >= 15 is 0 Å². The molecule has 0 saturated carbocycles. The van der Waals surface area contributed by atoms with Gasteiger partial charge in [0.2, 0.25) is 0 Å². The Labute approximate surface area is 75.6 Å². The van der Waals surface area contributed by atoms with Crippen LogP contribution >= 0.6 is 33.9 Å². The lowest BCUT2D eigenvalue weighted by Crippen LogP contribution is -1.67. The summed E-state index contributed by atoms with van der Waals surface area (Å²) in [6.45, 7) is 0. The zero-order chi connectivity index (χ0) is 7.56. The Kier molecular flexibility index (Phi) is 2.40. The maximum Gasteiger partial charge on any atom is 0.160 e. The van der Waals surface area contributed by atoms with Crippen LogP contribution in [0.15, 0.2) is 6.07 Å². The van der Waals surface area contributed by atoms with Gasteiger partial charge in [-0.05, 0) is 28.7 Å². The van der Waals surface area contributed by atoms with Gasteiger partial charge in [0, 0.05) is 0 Å². The number of rotatable bonds is 1. The number of hydrogen-bond donors (Lipinski definition) is 0. The number of aldehydes is 1. The molecule has 1 rings (SSSR count). The molecule has 2 nitrogen and oxygen atoms in total. The summed E-state index contributed by atoms with van der Waals surface area (Å²) in [5.74, 6) is 0. The van der Waals surface area contributed by atoms with Gasteiger partial charge in [-0.1, -0.05) is 0 Å². The zero-order valence-electron chi connectivity index (χ0n) is 4.80. The number of carbonyl (C=O) groups excluding carboxylic acids is 1. The maximum atomic E-state index is 10.2. The van der Waals surface area contributed by atoms with Gasteiger partial charge in [-0.3, -0.25) is 4.79 Å². The van der Waals surface area contributed by atoms with Crippen molar-refractivity contribution < 1.29 is 4.79 Å². The lowest BCUT2D eigenvalue weighted by molar-refractivity contribution is 0.112. The lowest BCUT2D eigenvalue weighted by Gasteiger charge is -1.74. The van der Waals surface area contributed by atoms with Crippen LogP contribution in [-0.4, -0.2) is 6.29 Å². The van der Waals surface area contributed by atoms with Gasteiger partial charge in [0.25, 0.3) is 0 Å². The van der Waals surface area contributed by atoms with Crippen LogP contribution in [-0.2, 0) is 0 Å². The van der Waals surface area contributed by atoms with Gasteiger partial charge >= 0.3 is 0 Å². The van der Waals surface area contributed by atoms with Crippen molar-refractivity contribution in [3.05, 3.63) is 19.4 Å². The Hall–Kier alpha value is -0.410. The molecule has 1 aromatic heterocycles. The molecule has 10 heavy (non-hydrogen) atoms. The molecule has 50 valence electrons. The highest BCUT2D eigenvalue weighted by molar-refractivity contribution is 14.1. The van der Waals surface area contributed by atoms with Gasteiger partial charge in [-0.25, -0.2) is 0 Å². The van der Waals surface area contributed by atoms with Gasteiger partial charge in [-0.15, -0.1) is 11.3 Å². The summed E-state index contributed by atoms with van der Waals surface area (Å²) < 4.78 is 0.877. The van der Waals surface area contributed by atoms with Crippen molar-refractivity contribution >= 4 is 40.2 Å². The molecule has 0 amide bonds. The Morgan fingerprint density at radius 1 is 1.80 bits per heavy atom. The van der Waals surface area contributed by atoms with Gasteiger partial charge < -0.3 is 0 Å². The summed E-state index contributed by atoms with van der Waals surface area (Å²) in [5.41, 5.74) is 0.590. The highest BCUT2D eigenvalue weighted by atomic mass is 127. The number of hydrogen-bond acceptors (Lipinski definition) is 3. The summed E-state index contributed by atoms with van der Waals surface area (Å²) >= 11 is 3.38. The van der Waals surface area contributed by atoms with E-state index in [0.29, 0.717) is 10.4 Å². The second-order valence-electron chi connectivity index (χ2n) is 1.57. The maximum absolute atomic E-state index is 10.2. The largest absolute Gasteiger partial charge is 0.297 e. The van der Waals surface area contributed by atoms with E-state index in [4.69, 9.17) is 5.26 Å². The summed E-state index contributed by atoms with van der Waals surface area (Å²) in [4.78, 5) is 10.8. The topological polar surface area (TPSA) is 40.9 Å². The van der Waals surface area contributed by atoms with Crippen molar-refractivity contribution in [3.63, 3.8) is 0 Å². The minimum absolute atomic E-state index is 0.590. The molecule has 0 unspecified atom stereocenters. The van der Waals surface area contributed by atoms with Crippen molar-refractivity contribution in [3.8, 4) is 6.07 Å². The molecule has 4 heteroatoms. The first-order valence-electron chi connectivity index (χ1n) is 2.42. The summed E-state index contributed by atoms with van der Waals surface area (Å²) in [6.07, 6.45) is 0.758. The van der Waals surface area contributed by atoms with Crippen LogP contribution in [0.1, 0.15) is 15.2 Å². The minimum Gasteiger partial charge on any atom is -0.297 e. The molecule has 1 heterocycles. The molecule has 0 spiro atoms. The second kappa shape index (κ2) is 3.12. The van der Waals surface area contributed by atoms with Crippen LogP contribution in [0, 0.1) is 14.2 Å². The van der Waals surface area contributed by atoms with Crippen LogP contribution in [0.3, 0.4) is 0 Å². The first kappa shape index (κ1) is 7.69. The quantitative estimate of drug-likeness (QED) is 0.574. The third kappa shape index (κ3) is 1.36. The van der Waals surface area contributed by atoms with Crippen molar-refractivity contribution in [1.29, 1.82) is 5.26 Å². The van der Waals surface area contributed by atoms with E-state index < -0.39 is 0 Å². The molecule has 0 bridgehead atoms. The molecule has 0 radical (unpaired) electrons. The molecule has 0 aromatic carbocycles. The van der Waals surface area contributed by atoms with E-state index in [1.165, 1.54) is 11.3 Å². The van der Waals surface area contributed by atoms with Crippen molar-refractivity contribution in [2.75, 3.05) is 0 Å². The molecule has 0 aliphatic heterocycles. The van der Waals surface area contributed by atoms with E-state index in [-0.39, 0.29) is 0 Å². The standard InChI is InChI=1S/C6H2INOS/c7-6-4(2-8)1-5(3-9)10-6/h1,3H. The number of halogens is 1. The van der Waals surface area contributed by atoms with Crippen molar-refractivity contribution in [1.82, 2.24) is 0 Å². The van der Waals surface area contributed by atoms with E-state index in [1.807, 2.05) is 28.7 Å². The SMILES string of the molecule is N#Cc1cc(C=O)sc1I. The average Bonchev–Trinajstić information content (AvgIpc) is 2.30. The number of nitrogens with zero attached hydrogens (tertiary/aromatic N) is 1. The molecule has 0 aliphatic carbocycles. The first-order chi connectivity index (χ1) is 4.77. The molecule has 1 aromatic rings. The monoisotopic (exact) mass is 263 g/mol. The zero-order valence-corrected chi connectivity index (χ0v) is 7.77. The van der Waals surface area contributed by atoms with Gasteiger partial charge in [0.05, 0.1) is 13.3 Å². The molecular formula is C6H2INOS. The lowest BCUT2D eigenvalue weighted by atomic mass is 10.3. The fourth-order valence-corrected chi connectivity index (χ4v) is 2.21. The fraction of sp³-hybridized carbons (Fsp3) is 0. The molecule has 0 saturated heterocycles. The fourth-order valence-electron chi connectivity index (χ4n) is 0.521. The Morgan fingerprint density at radius 3 is 2.80 bits per heavy atom. The second-order valence-corrected chi connectivity index (χ2v) is 4.46. The number of thiophene rings is 1. The number of carbonyl (C=O) groups is 1. The molecule has 0 fully saturated rings. The van der Waals surface area contributed by atoms with Crippen LogP contribution in [0.2, 0.25) is 0 Å². The summed E-state index contributed by atoms with van der Waals surface area (Å²) in [7, 11) is 0. The van der Waals surface area contributed by atoms with Gasteiger partial charge in [-0.2, -0.15) is 5.26 Å². The summed E-state index contributed by atoms with van der Waals surface area (Å²) in [6, 6.07) is 3.59. The third-order valence-electron chi connectivity index (χ3n) is 0.942. The normalized spacial score (nSPS) is 8.80. The van der Waals surface area contributed by atoms with Crippen LogP contribution in [0.25, 0.3) is 0 Å². The summed E-state index contributed by atoms with van der Waals surface area (Å²) in [5, 5.41) is 8.46. The first-order valence-corrected chi connectivity index (χ1v) is 4.32. The predicted octanol–water partition coefficient (Wildman–Crippen LogP) is 2.04. The smallest absolute Gasteiger partial charge is 0.160 e. The molecule has 0 atom stereocenters. The van der Waals surface area contributed by atoms with Crippen LogP contribution in [0.4, 0.5) is 0 Å².